The molecule has 1 aliphatic heterocycles. The van der Waals surface area contributed by atoms with Gasteiger partial charge in [-0.05, 0) is 37.2 Å². The van der Waals surface area contributed by atoms with Crippen molar-refractivity contribution in [3.63, 3.8) is 0 Å². The van der Waals surface area contributed by atoms with Crippen molar-refractivity contribution in [2.75, 3.05) is 20.2 Å². The lowest BCUT2D eigenvalue weighted by molar-refractivity contribution is -0.133. The summed E-state index contributed by atoms with van der Waals surface area (Å²) in [4.78, 5) is 11.7. The zero-order valence-corrected chi connectivity index (χ0v) is 10.4. The third-order valence-corrected chi connectivity index (χ3v) is 2.82. The summed E-state index contributed by atoms with van der Waals surface area (Å²) in [6.07, 6.45) is 3.34. The lowest BCUT2D eigenvalue weighted by Crippen LogP contribution is -2.22. The van der Waals surface area contributed by atoms with Crippen LogP contribution in [0.1, 0.15) is 12.8 Å². The van der Waals surface area contributed by atoms with E-state index >= 15 is 0 Å². The van der Waals surface area contributed by atoms with E-state index in [0.29, 0.717) is 12.2 Å². The number of hydrogen-bond acceptors (Lipinski definition) is 4. The van der Waals surface area contributed by atoms with E-state index in [-0.39, 0.29) is 5.97 Å². The molecule has 0 unspecified atom stereocenters. The van der Waals surface area contributed by atoms with Gasteiger partial charge in [0.25, 0.3) is 0 Å². The predicted molar refractivity (Wildman–Crippen MR) is 68.8 cm³/mol. The van der Waals surface area contributed by atoms with Gasteiger partial charge in [0, 0.05) is 6.54 Å². The highest BCUT2D eigenvalue weighted by Gasteiger charge is 2.10. The third kappa shape index (κ3) is 3.60. The lowest BCUT2D eigenvalue weighted by Gasteiger charge is -2.13. The Balaban J connectivity index is 1.88. The molecule has 1 aromatic rings. The van der Waals surface area contributed by atoms with Gasteiger partial charge in [-0.2, -0.15) is 0 Å². The average Bonchev–Trinajstić information content (AvgIpc) is 2.40. The Labute approximate surface area is 107 Å². The molecule has 0 atom stereocenters. The van der Waals surface area contributed by atoms with Crippen molar-refractivity contribution in [1.82, 2.24) is 5.32 Å². The Kier molecular flexibility index (Phi) is 4.36. The van der Waals surface area contributed by atoms with E-state index in [4.69, 9.17) is 9.47 Å². The maximum atomic E-state index is 11.7. The minimum atomic E-state index is -0.215. The Morgan fingerprint density at radius 1 is 1.28 bits per heavy atom. The number of esters is 1. The molecule has 4 heteroatoms. The molecule has 0 saturated heterocycles. The number of carbonyl (C=O) groups is 1. The van der Waals surface area contributed by atoms with E-state index in [0.717, 1.165) is 30.8 Å². The SMILES string of the molecule is COc1ccc(OC(=O)CC2=CCNCC2)cc1. The van der Waals surface area contributed by atoms with Crippen molar-refractivity contribution < 1.29 is 14.3 Å². The maximum Gasteiger partial charge on any atom is 0.315 e. The normalized spacial score (nSPS) is 14.8. The molecule has 0 amide bonds. The molecule has 0 aromatic heterocycles. The van der Waals surface area contributed by atoms with Gasteiger partial charge in [0.15, 0.2) is 0 Å². The van der Waals surface area contributed by atoms with Crippen molar-refractivity contribution >= 4 is 5.97 Å². The number of nitrogens with one attached hydrogen (secondary N) is 1. The first kappa shape index (κ1) is 12.6. The zero-order valence-electron chi connectivity index (χ0n) is 10.4. The molecule has 1 N–H and O–H groups in total. The zero-order chi connectivity index (χ0) is 12.8. The topological polar surface area (TPSA) is 47.6 Å². The number of benzene rings is 1. The molecule has 0 aliphatic carbocycles. The van der Waals surface area contributed by atoms with Crippen LogP contribution in [0.25, 0.3) is 0 Å². The van der Waals surface area contributed by atoms with Gasteiger partial charge in [-0.3, -0.25) is 4.79 Å². The first-order chi connectivity index (χ1) is 8.78. The van der Waals surface area contributed by atoms with Crippen LogP contribution in [0.5, 0.6) is 11.5 Å². The van der Waals surface area contributed by atoms with Crippen LogP contribution >= 0.6 is 0 Å². The second kappa shape index (κ2) is 6.21. The van der Waals surface area contributed by atoms with E-state index in [1.807, 2.05) is 0 Å². The quantitative estimate of drug-likeness (QED) is 0.501. The summed E-state index contributed by atoms with van der Waals surface area (Å²) in [7, 11) is 1.60. The minimum absolute atomic E-state index is 0.215. The summed E-state index contributed by atoms with van der Waals surface area (Å²) in [6, 6.07) is 7.00. The maximum absolute atomic E-state index is 11.7. The van der Waals surface area contributed by atoms with Crippen molar-refractivity contribution in [3.8, 4) is 11.5 Å². The molecule has 0 fully saturated rings. The molecule has 2 rings (SSSR count). The van der Waals surface area contributed by atoms with E-state index in [9.17, 15) is 4.79 Å². The van der Waals surface area contributed by atoms with Crippen molar-refractivity contribution in [2.24, 2.45) is 0 Å². The number of carbonyl (C=O) groups excluding carboxylic acids is 1. The number of hydrogen-bond donors (Lipinski definition) is 1. The van der Waals surface area contributed by atoms with Gasteiger partial charge in [-0.1, -0.05) is 11.6 Å². The largest absolute Gasteiger partial charge is 0.497 e. The van der Waals surface area contributed by atoms with E-state index in [1.165, 1.54) is 0 Å². The van der Waals surface area contributed by atoms with Gasteiger partial charge in [0.05, 0.1) is 13.5 Å². The number of rotatable bonds is 4. The summed E-state index contributed by atoms with van der Waals surface area (Å²) >= 11 is 0. The van der Waals surface area contributed by atoms with Gasteiger partial charge in [-0.15, -0.1) is 0 Å². The van der Waals surface area contributed by atoms with Crippen LogP contribution in [0.4, 0.5) is 0 Å². The number of methoxy groups -OCH3 is 1. The summed E-state index contributed by atoms with van der Waals surface area (Å²) in [5.74, 6) is 1.08. The summed E-state index contributed by atoms with van der Waals surface area (Å²) < 4.78 is 10.3. The van der Waals surface area contributed by atoms with Crippen molar-refractivity contribution in [2.45, 2.75) is 12.8 Å². The fraction of sp³-hybridized carbons (Fsp3) is 0.357. The predicted octanol–water partition coefficient (Wildman–Crippen LogP) is 1.91. The summed E-state index contributed by atoms with van der Waals surface area (Å²) in [5, 5.41) is 3.21. The molecule has 1 aliphatic rings. The molecule has 0 saturated carbocycles. The van der Waals surface area contributed by atoms with Crippen LogP contribution in [-0.2, 0) is 4.79 Å². The molecule has 4 nitrogen and oxygen atoms in total. The monoisotopic (exact) mass is 247 g/mol. The van der Waals surface area contributed by atoms with E-state index in [1.54, 1.807) is 31.4 Å². The Morgan fingerprint density at radius 3 is 2.61 bits per heavy atom. The molecule has 18 heavy (non-hydrogen) atoms. The van der Waals surface area contributed by atoms with Crippen LogP contribution in [0.15, 0.2) is 35.9 Å². The fourth-order valence-corrected chi connectivity index (χ4v) is 1.83. The molecule has 96 valence electrons. The minimum Gasteiger partial charge on any atom is -0.497 e. The van der Waals surface area contributed by atoms with Gasteiger partial charge in [0.1, 0.15) is 11.5 Å². The first-order valence-corrected chi connectivity index (χ1v) is 6.01. The van der Waals surface area contributed by atoms with Gasteiger partial charge < -0.3 is 14.8 Å². The highest BCUT2D eigenvalue weighted by molar-refractivity contribution is 5.75. The van der Waals surface area contributed by atoms with Crippen LogP contribution < -0.4 is 14.8 Å². The Bertz CT molecular complexity index is 437. The molecular formula is C14H17NO3. The second-order valence-corrected chi connectivity index (χ2v) is 4.14. The van der Waals surface area contributed by atoms with Gasteiger partial charge in [-0.25, -0.2) is 0 Å². The standard InChI is InChI=1S/C14H17NO3/c1-17-12-2-4-13(5-3-12)18-14(16)10-11-6-8-15-9-7-11/h2-6,15H,7-10H2,1H3. The van der Waals surface area contributed by atoms with Gasteiger partial charge >= 0.3 is 5.97 Å². The van der Waals surface area contributed by atoms with E-state index < -0.39 is 0 Å². The molecule has 0 radical (unpaired) electrons. The molecule has 0 spiro atoms. The highest BCUT2D eigenvalue weighted by atomic mass is 16.5. The fourth-order valence-electron chi connectivity index (χ4n) is 1.83. The van der Waals surface area contributed by atoms with Crippen molar-refractivity contribution in [3.05, 3.63) is 35.9 Å². The highest BCUT2D eigenvalue weighted by Crippen LogP contribution is 2.18. The molecule has 0 bridgehead atoms. The first-order valence-electron chi connectivity index (χ1n) is 6.01. The average molecular weight is 247 g/mol. The Morgan fingerprint density at radius 2 is 2.00 bits per heavy atom. The van der Waals surface area contributed by atoms with Crippen molar-refractivity contribution in [1.29, 1.82) is 0 Å². The van der Waals surface area contributed by atoms with Crippen LogP contribution in [0.3, 0.4) is 0 Å². The van der Waals surface area contributed by atoms with Crippen LogP contribution in [-0.4, -0.2) is 26.2 Å². The lowest BCUT2D eigenvalue weighted by atomic mass is 10.1. The summed E-state index contributed by atoms with van der Waals surface area (Å²) in [5.41, 5.74) is 1.15. The van der Waals surface area contributed by atoms with Crippen LogP contribution in [0.2, 0.25) is 0 Å². The third-order valence-electron chi connectivity index (χ3n) is 2.82. The molecule has 1 aromatic carbocycles. The second-order valence-electron chi connectivity index (χ2n) is 4.14. The van der Waals surface area contributed by atoms with Gasteiger partial charge in [0.2, 0.25) is 0 Å². The Hall–Kier alpha value is -1.81. The summed E-state index contributed by atoms with van der Waals surface area (Å²) in [6.45, 7) is 1.77. The molecular weight excluding hydrogens is 230 g/mol. The van der Waals surface area contributed by atoms with E-state index in [2.05, 4.69) is 11.4 Å². The van der Waals surface area contributed by atoms with Crippen LogP contribution in [0, 0.1) is 0 Å². The number of ether oxygens (including phenoxy) is 2. The molecule has 1 heterocycles. The smallest absolute Gasteiger partial charge is 0.315 e.